The van der Waals surface area contributed by atoms with Gasteiger partial charge in [-0.05, 0) is 44.0 Å². The van der Waals surface area contributed by atoms with Crippen molar-refractivity contribution in [3.05, 3.63) is 70.5 Å². The number of carbonyl (C=O) groups excluding carboxylic acids is 1. The van der Waals surface area contributed by atoms with Crippen molar-refractivity contribution in [2.45, 2.75) is 44.1 Å². The highest BCUT2D eigenvalue weighted by Gasteiger charge is 2.20. The molecule has 1 N–H and O–H groups in total. The zero-order valence-electron chi connectivity index (χ0n) is 16.1. The fourth-order valence-corrected chi connectivity index (χ4v) is 3.91. The van der Waals surface area contributed by atoms with Crippen molar-refractivity contribution in [1.82, 2.24) is 14.8 Å². The smallest absolute Gasteiger partial charge is 0.237 e. The highest BCUT2D eigenvalue weighted by atomic mass is 35.5. The molecule has 1 aromatic heterocycles. The van der Waals surface area contributed by atoms with E-state index in [2.05, 4.69) is 39.1 Å². The van der Waals surface area contributed by atoms with E-state index in [4.69, 9.17) is 11.6 Å². The molecule has 0 aliphatic carbocycles. The van der Waals surface area contributed by atoms with Gasteiger partial charge in [0, 0.05) is 23.7 Å². The molecular weight excluding hydrogens is 392 g/mol. The van der Waals surface area contributed by atoms with Crippen LogP contribution in [-0.4, -0.2) is 25.9 Å². The number of halogens is 1. The Morgan fingerprint density at radius 2 is 1.96 bits per heavy atom. The Bertz CT molecular complexity index is 958. The predicted octanol–water partition coefficient (Wildman–Crippen LogP) is 4.97. The molecule has 28 heavy (non-hydrogen) atoms. The SMILES string of the molecule is CCn1c(Cc2ccccc2)nnc1SC(C)C(=O)Nc1cc(Cl)ccc1C. The molecule has 0 fully saturated rings. The monoisotopic (exact) mass is 414 g/mol. The minimum Gasteiger partial charge on any atom is -0.325 e. The van der Waals surface area contributed by atoms with Crippen LogP contribution in [0.1, 0.15) is 30.8 Å². The number of nitrogens with one attached hydrogen (secondary N) is 1. The summed E-state index contributed by atoms with van der Waals surface area (Å²) in [4.78, 5) is 12.6. The summed E-state index contributed by atoms with van der Waals surface area (Å²) in [5.74, 6) is 0.806. The summed E-state index contributed by atoms with van der Waals surface area (Å²) in [6, 6.07) is 15.6. The van der Waals surface area contributed by atoms with E-state index in [9.17, 15) is 4.79 Å². The Balaban J connectivity index is 1.70. The third-order valence-corrected chi connectivity index (χ3v) is 5.74. The van der Waals surface area contributed by atoms with Crippen molar-refractivity contribution in [3.8, 4) is 0 Å². The lowest BCUT2D eigenvalue weighted by Crippen LogP contribution is -2.23. The molecule has 2 aromatic carbocycles. The number of hydrogen-bond acceptors (Lipinski definition) is 4. The fraction of sp³-hybridized carbons (Fsp3) is 0.286. The first-order chi connectivity index (χ1) is 13.5. The lowest BCUT2D eigenvalue weighted by molar-refractivity contribution is -0.115. The summed E-state index contributed by atoms with van der Waals surface area (Å²) in [6.07, 6.45) is 0.713. The quantitative estimate of drug-likeness (QED) is 0.554. The Morgan fingerprint density at radius 1 is 1.21 bits per heavy atom. The molecule has 5 nitrogen and oxygen atoms in total. The number of amides is 1. The first-order valence-electron chi connectivity index (χ1n) is 9.17. The topological polar surface area (TPSA) is 59.8 Å². The van der Waals surface area contributed by atoms with Gasteiger partial charge in [0.15, 0.2) is 5.16 Å². The van der Waals surface area contributed by atoms with Crippen LogP contribution in [0.15, 0.2) is 53.7 Å². The van der Waals surface area contributed by atoms with E-state index >= 15 is 0 Å². The molecule has 3 rings (SSSR count). The lowest BCUT2D eigenvalue weighted by Gasteiger charge is -2.14. The van der Waals surface area contributed by atoms with E-state index in [1.54, 1.807) is 6.07 Å². The maximum atomic E-state index is 12.6. The van der Waals surface area contributed by atoms with Crippen molar-refractivity contribution in [2.75, 3.05) is 5.32 Å². The zero-order chi connectivity index (χ0) is 20.1. The molecule has 0 spiro atoms. The van der Waals surface area contributed by atoms with E-state index in [0.29, 0.717) is 11.4 Å². The molecule has 0 saturated carbocycles. The first-order valence-corrected chi connectivity index (χ1v) is 10.4. The van der Waals surface area contributed by atoms with Gasteiger partial charge in [0.2, 0.25) is 5.91 Å². The van der Waals surface area contributed by atoms with Crippen LogP contribution in [0.4, 0.5) is 5.69 Å². The summed E-state index contributed by atoms with van der Waals surface area (Å²) in [5.41, 5.74) is 2.88. The molecule has 1 atom stereocenters. The number of aromatic nitrogens is 3. The maximum absolute atomic E-state index is 12.6. The second kappa shape index (κ2) is 9.26. The van der Waals surface area contributed by atoms with E-state index in [1.165, 1.54) is 17.3 Å². The first kappa shape index (κ1) is 20.4. The van der Waals surface area contributed by atoms with Gasteiger partial charge in [-0.3, -0.25) is 4.79 Å². The normalized spacial score (nSPS) is 12.0. The van der Waals surface area contributed by atoms with Gasteiger partial charge in [-0.1, -0.05) is 59.8 Å². The van der Waals surface area contributed by atoms with Crippen molar-refractivity contribution in [3.63, 3.8) is 0 Å². The molecule has 0 saturated heterocycles. The third-order valence-electron chi connectivity index (χ3n) is 4.42. The maximum Gasteiger partial charge on any atom is 0.237 e. The van der Waals surface area contributed by atoms with Gasteiger partial charge >= 0.3 is 0 Å². The van der Waals surface area contributed by atoms with Crippen LogP contribution < -0.4 is 5.32 Å². The number of thioether (sulfide) groups is 1. The number of nitrogens with zero attached hydrogens (tertiary/aromatic N) is 3. The van der Waals surface area contributed by atoms with Gasteiger partial charge in [0.05, 0.1) is 5.25 Å². The second-order valence-corrected chi connectivity index (χ2v) is 8.26. The summed E-state index contributed by atoms with van der Waals surface area (Å²) >= 11 is 7.45. The molecule has 1 heterocycles. The van der Waals surface area contributed by atoms with Gasteiger partial charge in [-0.25, -0.2) is 0 Å². The van der Waals surface area contributed by atoms with Crippen molar-refractivity contribution in [2.24, 2.45) is 0 Å². The van der Waals surface area contributed by atoms with Crippen LogP contribution in [0.2, 0.25) is 5.02 Å². The summed E-state index contributed by atoms with van der Waals surface area (Å²) in [6.45, 7) is 6.61. The minimum atomic E-state index is -0.322. The lowest BCUT2D eigenvalue weighted by atomic mass is 10.1. The van der Waals surface area contributed by atoms with Crippen LogP contribution in [0, 0.1) is 6.92 Å². The molecule has 146 valence electrons. The molecule has 0 radical (unpaired) electrons. The standard InChI is InChI=1S/C21H23ClN4OS/c1-4-26-19(12-16-8-6-5-7-9-16)24-25-21(26)28-15(3)20(27)23-18-13-17(22)11-10-14(18)2/h5-11,13,15H,4,12H2,1-3H3,(H,23,27). The van der Waals surface area contributed by atoms with Gasteiger partial charge in [0.1, 0.15) is 5.82 Å². The average Bonchev–Trinajstić information content (AvgIpc) is 3.06. The number of carbonyl (C=O) groups is 1. The summed E-state index contributed by atoms with van der Waals surface area (Å²) in [5, 5.41) is 12.6. The zero-order valence-corrected chi connectivity index (χ0v) is 17.7. The molecule has 7 heteroatoms. The largest absolute Gasteiger partial charge is 0.325 e. The van der Waals surface area contributed by atoms with E-state index in [-0.39, 0.29) is 11.2 Å². The second-order valence-electron chi connectivity index (χ2n) is 6.51. The Morgan fingerprint density at radius 3 is 2.68 bits per heavy atom. The van der Waals surface area contributed by atoms with E-state index < -0.39 is 0 Å². The van der Waals surface area contributed by atoms with E-state index in [0.717, 1.165) is 28.8 Å². The van der Waals surface area contributed by atoms with E-state index in [1.807, 2.05) is 44.2 Å². The molecule has 1 amide bonds. The summed E-state index contributed by atoms with van der Waals surface area (Å²) < 4.78 is 2.06. The predicted molar refractivity (Wildman–Crippen MR) is 115 cm³/mol. The number of benzene rings is 2. The Labute approximate surface area is 174 Å². The Hall–Kier alpha value is -2.31. The molecule has 3 aromatic rings. The van der Waals surface area contributed by atoms with Gasteiger partial charge in [0.25, 0.3) is 0 Å². The number of rotatable bonds is 7. The number of anilines is 1. The van der Waals surface area contributed by atoms with Crippen LogP contribution in [0.25, 0.3) is 0 Å². The highest BCUT2D eigenvalue weighted by molar-refractivity contribution is 8.00. The number of aryl methyl sites for hydroxylation is 1. The molecule has 0 bridgehead atoms. The van der Waals surface area contributed by atoms with Crippen LogP contribution in [0.3, 0.4) is 0 Å². The van der Waals surface area contributed by atoms with Crippen molar-refractivity contribution in [1.29, 1.82) is 0 Å². The van der Waals surface area contributed by atoms with Crippen molar-refractivity contribution >= 4 is 35.0 Å². The minimum absolute atomic E-state index is 0.0920. The summed E-state index contributed by atoms with van der Waals surface area (Å²) in [7, 11) is 0. The van der Waals surface area contributed by atoms with Crippen LogP contribution in [-0.2, 0) is 17.8 Å². The van der Waals surface area contributed by atoms with Crippen LogP contribution >= 0.6 is 23.4 Å². The fourth-order valence-electron chi connectivity index (χ4n) is 2.81. The van der Waals surface area contributed by atoms with Gasteiger partial charge < -0.3 is 9.88 Å². The Kier molecular flexibility index (Phi) is 6.75. The highest BCUT2D eigenvalue weighted by Crippen LogP contribution is 2.26. The molecule has 0 aliphatic heterocycles. The third kappa shape index (κ3) is 4.94. The average molecular weight is 415 g/mol. The van der Waals surface area contributed by atoms with Crippen LogP contribution in [0.5, 0.6) is 0 Å². The van der Waals surface area contributed by atoms with Crippen molar-refractivity contribution < 1.29 is 4.79 Å². The number of hydrogen-bond donors (Lipinski definition) is 1. The molecule has 1 unspecified atom stereocenters. The molecule has 0 aliphatic rings. The van der Waals surface area contributed by atoms with Gasteiger partial charge in [-0.2, -0.15) is 0 Å². The molecular formula is C21H23ClN4OS. The van der Waals surface area contributed by atoms with Gasteiger partial charge in [-0.15, -0.1) is 10.2 Å².